The first-order valence-electron chi connectivity index (χ1n) is 5.39. The minimum absolute atomic E-state index is 0.0522. The molecule has 0 atom stereocenters. The molecule has 1 N–H and O–H groups in total. The van der Waals surface area contributed by atoms with Crippen LogP contribution in [-0.4, -0.2) is 11.1 Å². The van der Waals surface area contributed by atoms with Crippen molar-refractivity contribution in [3.8, 4) is 0 Å². The summed E-state index contributed by atoms with van der Waals surface area (Å²) in [7, 11) is 0. The van der Waals surface area contributed by atoms with Crippen LogP contribution < -0.4 is 0 Å². The molecular formula is C12H16F2O2S. The van der Waals surface area contributed by atoms with Crippen molar-refractivity contribution in [1.82, 2.24) is 0 Å². The molecule has 2 nitrogen and oxygen atoms in total. The second kappa shape index (κ2) is 4.72. The quantitative estimate of drug-likeness (QED) is 0.873. The molecule has 0 aliphatic rings. The van der Waals surface area contributed by atoms with Gasteiger partial charge in [-0.2, -0.15) is 0 Å². The van der Waals surface area contributed by atoms with Crippen molar-refractivity contribution in [2.24, 2.45) is 5.41 Å². The summed E-state index contributed by atoms with van der Waals surface area (Å²) in [6.45, 7) is 4.53. The maximum atomic E-state index is 13.9. The molecule has 0 radical (unpaired) electrons. The summed E-state index contributed by atoms with van der Waals surface area (Å²) in [6, 6.07) is 3.06. The SMILES string of the molecule is CCc1ccc(C(F)(F)CC(C)(C)C(=O)O)s1. The number of thiophene rings is 1. The van der Waals surface area contributed by atoms with Gasteiger partial charge < -0.3 is 5.11 Å². The zero-order valence-corrected chi connectivity index (χ0v) is 10.9. The van der Waals surface area contributed by atoms with Gasteiger partial charge in [0.15, 0.2) is 0 Å². The first-order chi connectivity index (χ1) is 7.69. The van der Waals surface area contributed by atoms with Crippen LogP contribution in [0.25, 0.3) is 0 Å². The number of aryl methyl sites for hydroxylation is 1. The molecule has 0 aliphatic carbocycles. The summed E-state index contributed by atoms with van der Waals surface area (Å²) < 4.78 is 27.8. The highest BCUT2D eigenvalue weighted by Crippen LogP contribution is 2.42. The molecule has 0 saturated heterocycles. The fraction of sp³-hybridized carbons (Fsp3) is 0.583. The van der Waals surface area contributed by atoms with E-state index in [1.807, 2.05) is 6.92 Å². The summed E-state index contributed by atoms with van der Waals surface area (Å²) in [5.41, 5.74) is -1.43. The maximum absolute atomic E-state index is 13.9. The van der Waals surface area contributed by atoms with Crippen LogP contribution in [0, 0.1) is 5.41 Å². The van der Waals surface area contributed by atoms with Crippen LogP contribution in [0.1, 0.15) is 36.9 Å². The minimum Gasteiger partial charge on any atom is -0.481 e. The lowest BCUT2D eigenvalue weighted by Crippen LogP contribution is -2.30. The van der Waals surface area contributed by atoms with Gasteiger partial charge in [-0.25, -0.2) is 8.78 Å². The first kappa shape index (κ1) is 14.1. The Balaban J connectivity index is 2.91. The van der Waals surface area contributed by atoms with Gasteiger partial charge in [0, 0.05) is 11.3 Å². The van der Waals surface area contributed by atoms with Crippen LogP contribution in [0.3, 0.4) is 0 Å². The Morgan fingerprint density at radius 2 is 2.00 bits per heavy atom. The van der Waals surface area contributed by atoms with Crippen LogP contribution in [0.15, 0.2) is 12.1 Å². The predicted octanol–water partition coefficient (Wildman–Crippen LogP) is 3.90. The van der Waals surface area contributed by atoms with Crippen molar-refractivity contribution in [1.29, 1.82) is 0 Å². The fourth-order valence-electron chi connectivity index (χ4n) is 1.48. The zero-order chi connectivity index (χ0) is 13.3. The molecule has 0 bridgehead atoms. The smallest absolute Gasteiger partial charge is 0.309 e. The van der Waals surface area contributed by atoms with Gasteiger partial charge in [0.1, 0.15) is 0 Å². The third kappa shape index (κ3) is 3.25. The molecule has 0 spiro atoms. The number of halogens is 2. The summed E-state index contributed by atoms with van der Waals surface area (Å²) >= 11 is 1.05. The van der Waals surface area contributed by atoms with Crippen molar-refractivity contribution in [2.75, 3.05) is 0 Å². The molecular weight excluding hydrogens is 246 g/mol. The fourth-order valence-corrected chi connectivity index (χ4v) is 2.40. The number of carboxylic acids is 1. The second-order valence-electron chi connectivity index (χ2n) is 4.69. The van der Waals surface area contributed by atoms with E-state index >= 15 is 0 Å². The molecule has 1 aromatic heterocycles. The summed E-state index contributed by atoms with van der Waals surface area (Å²) in [5, 5.41) is 8.87. The number of hydrogen-bond acceptors (Lipinski definition) is 2. The number of carboxylic acid groups (broad SMARTS) is 1. The van der Waals surface area contributed by atoms with E-state index < -0.39 is 23.7 Å². The lowest BCUT2D eigenvalue weighted by molar-refractivity contribution is -0.153. The molecule has 96 valence electrons. The molecule has 0 aliphatic heterocycles. The molecule has 1 rings (SSSR count). The molecule has 0 aromatic carbocycles. The molecule has 5 heteroatoms. The number of hydrogen-bond donors (Lipinski definition) is 1. The Bertz CT molecular complexity index is 410. The van der Waals surface area contributed by atoms with Crippen molar-refractivity contribution in [3.05, 3.63) is 21.9 Å². The Hall–Kier alpha value is -0.970. The lowest BCUT2D eigenvalue weighted by Gasteiger charge is -2.24. The lowest BCUT2D eigenvalue weighted by atomic mass is 9.86. The van der Waals surface area contributed by atoms with Crippen molar-refractivity contribution >= 4 is 17.3 Å². The van der Waals surface area contributed by atoms with Gasteiger partial charge in [-0.15, -0.1) is 11.3 Å². The van der Waals surface area contributed by atoms with E-state index in [1.165, 1.54) is 19.9 Å². The van der Waals surface area contributed by atoms with E-state index in [9.17, 15) is 13.6 Å². The summed E-state index contributed by atoms with van der Waals surface area (Å²) in [5.74, 6) is -4.29. The molecule has 1 heterocycles. The summed E-state index contributed by atoms with van der Waals surface area (Å²) in [6.07, 6.45) is 0.0298. The van der Waals surface area contributed by atoms with Crippen molar-refractivity contribution < 1.29 is 18.7 Å². The molecule has 0 saturated carbocycles. The Labute approximate surface area is 103 Å². The third-order valence-corrected chi connectivity index (χ3v) is 3.96. The number of carbonyl (C=O) groups is 1. The molecule has 0 unspecified atom stereocenters. The van der Waals surface area contributed by atoms with Gasteiger partial charge in [-0.3, -0.25) is 4.79 Å². The van der Waals surface area contributed by atoms with E-state index in [4.69, 9.17) is 5.11 Å². The molecule has 17 heavy (non-hydrogen) atoms. The van der Waals surface area contributed by atoms with E-state index in [0.29, 0.717) is 6.42 Å². The van der Waals surface area contributed by atoms with Gasteiger partial charge in [-0.05, 0) is 32.4 Å². The largest absolute Gasteiger partial charge is 0.481 e. The van der Waals surface area contributed by atoms with E-state index in [1.54, 1.807) is 6.07 Å². The number of alkyl halides is 2. The monoisotopic (exact) mass is 262 g/mol. The van der Waals surface area contributed by atoms with Crippen LogP contribution in [0.4, 0.5) is 8.78 Å². The first-order valence-corrected chi connectivity index (χ1v) is 6.21. The van der Waals surface area contributed by atoms with Gasteiger partial charge in [0.05, 0.1) is 10.3 Å². The third-order valence-electron chi connectivity index (χ3n) is 2.61. The van der Waals surface area contributed by atoms with E-state index in [2.05, 4.69) is 0 Å². The Morgan fingerprint density at radius 1 is 1.41 bits per heavy atom. The predicted molar refractivity (Wildman–Crippen MR) is 63.6 cm³/mol. The highest BCUT2D eigenvalue weighted by atomic mass is 32.1. The van der Waals surface area contributed by atoms with E-state index in [0.717, 1.165) is 16.2 Å². The van der Waals surface area contributed by atoms with Crippen LogP contribution in [0.5, 0.6) is 0 Å². The van der Waals surface area contributed by atoms with Crippen molar-refractivity contribution in [2.45, 2.75) is 39.5 Å². The topological polar surface area (TPSA) is 37.3 Å². The highest BCUT2D eigenvalue weighted by molar-refractivity contribution is 7.12. The van der Waals surface area contributed by atoms with Crippen LogP contribution in [-0.2, 0) is 17.1 Å². The average Bonchev–Trinajstić information content (AvgIpc) is 2.64. The standard InChI is InChI=1S/C12H16F2O2S/c1-4-8-5-6-9(17-8)12(13,14)7-11(2,3)10(15)16/h5-6H,4,7H2,1-3H3,(H,15,16). The second-order valence-corrected chi connectivity index (χ2v) is 5.86. The van der Waals surface area contributed by atoms with Gasteiger partial charge in [0.2, 0.25) is 0 Å². The molecule has 1 aromatic rings. The minimum atomic E-state index is -3.08. The molecule has 0 fully saturated rings. The van der Waals surface area contributed by atoms with Gasteiger partial charge in [0.25, 0.3) is 5.92 Å². The van der Waals surface area contributed by atoms with Gasteiger partial charge in [-0.1, -0.05) is 6.92 Å². The zero-order valence-electron chi connectivity index (χ0n) is 10.1. The number of rotatable bonds is 5. The van der Waals surface area contributed by atoms with E-state index in [-0.39, 0.29) is 4.88 Å². The number of aliphatic carboxylic acids is 1. The van der Waals surface area contributed by atoms with Crippen LogP contribution in [0.2, 0.25) is 0 Å². The molecule has 0 amide bonds. The Kier molecular flexibility index (Phi) is 3.91. The highest BCUT2D eigenvalue weighted by Gasteiger charge is 2.43. The maximum Gasteiger partial charge on any atom is 0.309 e. The summed E-state index contributed by atoms with van der Waals surface area (Å²) in [4.78, 5) is 11.7. The van der Waals surface area contributed by atoms with Crippen molar-refractivity contribution in [3.63, 3.8) is 0 Å². The Morgan fingerprint density at radius 3 is 2.41 bits per heavy atom. The average molecular weight is 262 g/mol. The van der Waals surface area contributed by atoms with Crippen LogP contribution >= 0.6 is 11.3 Å². The normalized spacial score (nSPS) is 12.8. The van der Waals surface area contributed by atoms with Gasteiger partial charge >= 0.3 is 5.97 Å².